The lowest BCUT2D eigenvalue weighted by atomic mass is 9.88. The zero-order valence-corrected chi connectivity index (χ0v) is 11.0. The second kappa shape index (κ2) is 4.06. The lowest BCUT2D eigenvalue weighted by Gasteiger charge is -2.28. The Kier molecular flexibility index (Phi) is 3.51. The van der Waals surface area contributed by atoms with E-state index in [-0.39, 0.29) is 22.0 Å². The molecular weight excluding hydrogens is 210 g/mol. The molecule has 0 aromatic heterocycles. The second-order valence-electron chi connectivity index (χ2n) is 5.40. The highest BCUT2D eigenvalue weighted by atomic mass is 32.2. The Hall–Kier alpha value is -0.0900. The van der Waals surface area contributed by atoms with Crippen molar-refractivity contribution in [1.82, 2.24) is 0 Å². The van der Waals surface area contributed by atoms with E-state index < -0.39 is 9.84 Å². The Morgan fingerprint density at radius 3 is 2.33 bits per heavy atom. The van der Waals surface area contributed by atoms with Crippen LogP contribution in [0.5, 0.6) is 0 Å². The van der Waals surface area contributed by atoms with E-state index in [1.165, 1.54) is 0 Å². The molecule has 1 fully saturated rings. The minimum absolute atomic E-state index is 0.0365. The van der Waals surface area contributed by atoms with Gasteiger partial charge in [-0.1, -0.05) is 20.8 Å². The van der Waals surface area contributed by atoms with Crippen molar-refractivity contribution in [3.05, 3.63) is 0 Å². The average Bonchev–Trinajstić information content (AvgIpc) is 2.41. The van der Waals surface area contributed by atoms with Crippen LogP contribution in [0.15, 0.2) is 0 Å². The molecule has 4 heteroatoms. The molecule has 0 radical (unpaired) electrons. The third-order valence-corrected chi connectivity index (χ3v) is 6.76. The van der Waals surface area contributed by atoms with Crippen LogP contribution in [0.25, 0.3) is 0 Å². The monoisotopic (exact) mass is 233 g/mol. The smallest absolute Gasteiger partial charge is 0.157 e. The van der Waals surface area contributed by atoms with E-state index in [1.807, 2.05) is 6.92 Å². The molecule has 3 unspecified atom stereocenters. The Balaban J connectivity index is 2.92. The lowest BCUT2D eigenvalue weighted by molar-refractivity contribution is 0.332. The largest absolute Gasteiger partial charge is 0.326 e. The molecule has 90 valence electrons. The SMILES string of the molecule is CCC(C)S(=O)(=O)C1CCC(C)(C)C1N. The van der Waals surface area contributed by atoms with Crippen LogP contribution in [0.4, 0.5) is 0 Å². The first-order valence-corrected chi connectivity index (χ1v) is 7.32. The van der Waals surface area contributed by atoms with Crippen molar-refractivity contribution in [2.45, 2.75) is 63.5 Å². The van der Waals surface area contributed by atoms with Crippen molar-refractivity contribution in [2.24, 2.45) is 11.1 Å². The quantitative estimate of drug-likeness (QED) is 0.807. The van der Waals surface area contributed by atoms with Gasteiger partial charge in [0, 0.05) is 6.04 Å². The van der Waals surface area contributed by atoms with E-state index >= 15 is 0 Å². The fourth-order valence-electron chi connectivity index (χ4n) is 2.26. The van der Waals surface area contributed by atoms with E-state index in [9.17, 15) is 8.42 Å². The molecule has 1 aliphatic rings. The fourth-order valence-corrected chi connectivity index (χ4v) is 4.55. The molecule has 3 nitrogen and oxygen atoms in total. The molecule has 0 spiro atoms. The van der Waals surface area contributed by atoms with Crippen molar-refractivity contribution in [3.63, 3.8) is 0 Å². The first-order chi connectivity index (χ1) is 6.73. The first-order valence-electron chi connectivity index (χ1n) is 5.71. The number of rotatable bonds is 3. The minimum atomic E-state index is -3.03. The summed E-state index contributed by atoms with van der Waals surface area (Å²) in [4.78, 5) is 0. The summed E-state index contributed by atoms with van der Waals surface area (Å²) in [6.45, 7) is 7.81. The van der Waals surface area contributed by atoms with Gasteiger partial charge in [-0.25, -0.2) is 8.42 Å². The summed E-state index contributed by atoms with van der Waals surface area (Å²) in [5, 5.41) is -0.593. The van der Waals surface area contributed by atoms with Crippen LogP contribution in [0.3, 0.4) is 0 Å². The maximum absolute atomic E-state index is 12.2. The molecule has 0 amide bonds. The molecule has 0 aromatic carbocycles. The Bertz CT molecular complexity index is 321. The molecule has 3 atom stereocenters. The Labute approximate surface area is 93.3 Å². The van der Waals surface area contributed by atoms with Crippen LogP contribution in [0.2, 0.25) is 0 Å². The first kappa shape index (κ1) is 13.0. The van der Waals surface area contributed by atoms with E-state index in [0.29, 0.717) is 6.42 Å². The molecule has 2 N–H and O–H groups in total. The standard InChI is InChI=1S/C11H23NO2S/c1-5-8(2)15(13,14)9-6-7-11(3,4)10(9)12/h8-10H,5-7,12H2,1-4H3. The summed E-state index contributed by atoms with van der Waals surface area (Å²) < 4.78 is 24.4. The summed E-state index contributed by atoms with van der Waals surface area (Å²) in [6.07, 6.45) is 2.31. The van der Waals surface area contributed by atoms with Gasteiger partial charge in [0.05, 0.1) is 10.5 Å². The molecule has 1 aliphatic carbocycles. The van der Waals surface area contributed by atoms with Crippen molar-refractivity contribution >= 4 is 9.84 Å². The topological polar surface area (TPSA) is 60.2 Å². The Morgan fingerprint density at radius 2 is 2.00 bits per heavy atom. The zero-order valence-electron chi connectivity index (χ0n) is 10.2. The van der Waals surface area contributed by atoms with Gasteiger partial charge in [0.15, 0.2) is 9.84 Å². The van der Waals surface area contributed by atoms with Gasteiger partial charge < -0.3 is 5.73 Å². The fraction of sp³-hybridized carbons (Fsp3) is 1.00. The highest BCUT2D eigenvalue weighted by Gasteiger charge is 2.46. The van der Waals surface area contributed by atoms with Crippen molar-refractivity contribution in [2.75, 3.05) is 0 Å². The van der Waals surface area contributed by atoms with E-state index in [2.05, 4.69) is 13.8 Å². The molecule has 0 aromatic rings. The van der Waals surface area contributed by atoms with E-state index in [1.54, 1.807) is 6.92 Å². The summed E-state index contributed by atoms with van der Waals surface area (Å²) in [7, 11) is -3.03. The van der Waals surface area contributed by atoms with Crippen LogP contribution in [0.1, 0.15) is 47.0 Å². The summed E-state index contributed by atoms with van der Waals surface area (Å²) in [5.41, 5.74) is 6.02. The minimum Gasteiger partial charge on any atom is -0.326 e. The molecule has 0 saturated heterocycles. The lowest BCUT2D eigenvalue weighted by Crippen LogP contribution is -2.45. The van der Waals surface area contributed by atoms with Crippen molar-refractivity contribution in [3.8, 4) is 0 Å². The summed E-state index contributed by atoms with van der Waals surface area (Å²) in [6, 6.07) is -0.212. The van der Waals surface area contributed by atoms with Crippen LogP contribution in [0, 0.1) is 5.41 Å². The highest BCUT2D eigenvalue weighted by molar-refractivity contribution is 7.92. The van der Waals surface area contributed by atoms with Gasteiger partial charge in [0.2, 0.25) is 0 Å². The van der Waals surface area contributed by atoms with Crippen LogP contribution >= 0.6 is 0 Å². The molecular formula is C11H23NO2S. The van der Waals surface area contributed by atoms with E-state index in [0.717, 1.165) is 12.8 Å². The van der Waals surface area contributed by atoms with Gasteiger partial charge in [-0.2, -0.15) is 0 Å². The summed E-state index contributed by atoms with van der Waals surface area (Å²) >= 11 is 0. The molecule has 0 aliphatic heterocycles. The highest BCUT2D eigenvalue weighted by Crippen LogP contribution is 2.40. The van der Waals surface area contributed by atoms with Crippen LogP contribution in [-0.4, -0.2) is 25.0 Å². The molecule has 0 heterocycles. The van der Waals surface area contributed by atoms with E-state index in [4.69, 9.17) is 5.73 Å². The number of nitrogens with two attached hydrogens (primary N) is 1. The summed E-state index contributed by atoms with van der Waals surface area (Å²) in [5.74, 6) is 0. The van der Waals surface area contributed by atoms with Crippen molar-refractivity contribution < 1.29 is 8.42 Å². The third kappa shape index (κ3) is 2.21. The molecule has 1 saturated carbocycles. The predicted octanol–water partition coefficient (Wildman–Crippen LogP) is 1.72. The Morgan fingerprint density at radius 1 is 1.47 bits per heavy atom. The second-order valence-corrected chi connectivity index (χ2v) is 7.99. The molecule has 0 bridgehead atoms. The van der Waals surface area contributed by atoms with Crippen LogP contribution < -0.4 is 5.73 Å². The van der Waals surface area contributed by atoms with Gasteiger partial charge in [0.1, 0.15) is 0 Å². The predicted molar refractivity (Wildman–Crippen MR) is 63.5 cm³/mol. The van der Waals surface area contributed by atoms with Crippen molar-refractivity contribution in [1.29, 1.82) is 0 Å². The number of sulfone groups is 1. The number of hydrogen-bond acceptors (Lipinski definition) is 3. The normalized spacial score (nSPS) is 32.9. The van der Waals surface area contributed by atoms with Crippen LogP contribution in [-0.2, 0) is 9.84 Å². The average molecular weight is 233 g/mol. The van der Waals surface area contributed by atoms with Gasteiger partial charge >= 0.3 is 0 Å². The maximum atomic E-state index is 12.2. The maximum Gasteiger partial charge on any atom is 0.157 e. The van der Waals surface area contributed by atoms with Gasteiger partial charge in [-0.05, 0) is 31.6 Å². The molecule has 1 rings (SSSR count). The van der Waals surface area contributed by atoms with Gasteiger partial charge in [-0.3, -0.25) is 0 Å². The zero-order chi connectivity index (χ0) is 11.9. The number of hydrogen-bond donors (Lipinski definition) is 1. The van der Waals surface area contributed by atoms with Gasteiger partial charge in [-0.15, -0.1) is 0 Å². The third-order valence-electron chi connectivity index (χ3n) is 3.93. The van der Waals surface area contributed by atoms with Gasteiger partial charge in [0.25, 0.3) is 0 Å². The molecule has 15 heavy (non-hydrogen) atoms.